The van der Waals surface area contributed by atoms with Crippen LogP contribution in [-0.4, -0.2) is 75.8 Å². The van der Waals surface area contributed by atoms with E-state index in [0.29, 0.717) is 64.8 Å². The molecule has 0 bridgehead atoms. The number of rotatable bonds is 4. The molecular formula is C20H34F2N2O3. The summed E-state index contributed by atoms with van der Waals surface area (Å²) in [6.07, 6.45) is 6.06. The zero-order chi connectivity index (χ0) is 19.5. The van der Waals surface area contributed by atoms with Crippen LogP contribution in [0.4, 0.5) is 8.78 Å². The van der Waals surface area contributed by atoms with E-state index in [1.54, 1.807) is 4.90 Å². The fourth-order valence-electron chi connectivity index (χ4n) is 4.82. The number of hydrogen-bond acceptors (Lipinski definition) is 4. The molecule has 0 radical (unpaired) electrons. The number of hydrogen-bond donors (Lipinski definition) is 2. The van der Waals surface area contributed by atoms with Gasteiger partial charge < -0.3 is 20.0 Å². The molecule has 1 amide bonds. The van der Waals surface area contributed by atoms with Gasteiger partial charge in [0.15, 0.2) is 0 Å². The number of piperidine rings is 1. The zero-order valence-electron chi connectivity index (χ0n) is 16.3. The summed E-state index contributed by atoms with van der Waals surface area (Å²) in [6, 6.07) is 0. The molecule has 1 aliphatic carbocycles. The molecule has 3 aliphatic rings. The number of carbonyl (C=O) groups excluding carboxylic acids is 1. The lowest BCUT2D eigenvalue weighted by molar-refractivity contribution is -0.138. The van der Waals surface area contributed by atoms with Crippen molar-refractivity contribution >= 4 is 5.91 Å². The Morgan fingerprint density at radius 3 is 2.07 bits per heavy atom. The van der Waals surface area contributed by atoms with Gasteiger partial charge in [0.25, 0.3) is 5.92 Å². The Morgan fingerprint density at radius 2 is 1.41 bits per heavy atom. The maximum atomic E-state index is 13.3. The number of β-amino-alcohol motifs (C(OH)–C–C–N with tert-alkyl or cyclic N) is 1. The van der Waals surface area contributed by atoms with E-state index in [2.05, 4.69) is 0 Å². The highest BCUT2D eigenvalue weighted by molar-refractivity contribution is 5.77. The van der Waals surface area contributed by atoms with E-state index in [0.717, 1.165) is 19.3 Å². The van der Waals surface area contributed by atoms with Crippen LogP contribution < -0.4 is 0 Å². The minimum atomic E-state index is -2.58. The van der Waals surface area contributed by atoms with Crippen LogP contribution in [0.25, 0.3) is 0 Å². The Hall–Kier alpha value is -0.790. The van der Waals surface area contributed by atoms with Crippen molar-refractivity contribution in [3.63, 3.8) is 0 Å². The van der Waals surface area contributed by atoms with E-state index in [-0.39, 0.29) is 25.2 Å². The molecule has 1 atom stereocenters. The highest BCUT2D eigenvalue weighted by atomic mass is 19.3. The molecule has 0 aromatic rings. The summed E-state index contributed by atoms with van der Waals surface area (Å²) in [5, 5.41) is 21.6. The molecule has 2 heterocycles. The molecule has 3 fully saturated rings. The first kappa shape index (κ1) is 20.9. The van der Waals surface area contributed by atoms with Gasteiger partial charge in [-0.25, -0.2) is 8.78 Å². The van der Waals surface area contributed by atoms with Crippen molar-refractivity contribution in [1.29, 1.82) is 0 Å². The van der Waals surface area contributed by atoms with Gasteiger partial charge in [-0.1, -0.05) is 19.3 Å². The van der Waals surface area contributed by atoms with Crippen molar-refractivity contribution < 1.29 is 23.8 Å². The fraction of sp³-hybridized carbons (Fsp3) is 0.950. The van der Waals surface area contributed by atoms with Crippen LogP contribution in [0, 0.1) is 0 Å². The highest BCUT2D eigenvalue weighted by Gasteiger charge is 2.39. The molecule has 1 unspecified atom stereocenters. The average molecular weight is 388 g/mol. The number of aliphatic hydroxyl groups is 2. The van der Waals surface area contributed by atoms with Gasteiger partial charge in [-0.15, -0.1) is 0 Å². The zero-order valence-corrected chi connectivity index (χ0v) is 16.3. The lowest BCUT2D eigenvalue weighted by Crippen LogP contribution is -2.48. The topological polar surface area (TPSA) is 64.0 Å². The summed E-state index contributed by atoms with van der Waals surface area (Å²) in [5.74, 6) is -2.60. The van der Waals surface area contributed by atoms with Gasteiger partial charge in [0.05, 0.1) is 17.6 Å². The Bertz CT molecular complexity index is 515. The number of alkyl halides is 2. The second-order valence-corrected chi connectivity index (χ2v) is 9.05. The van der Waals surface area contributed by atoms with E-state index in [1.165, 1.54) is 0 Å². The average Bonchev–Trinajstić information content (AvgIpc) is 2.79. The third kappa shape index (κ3) is 5.84. The number of carbonyl (C=O) groups is 1. The molecule has 2 saturated heterocycles. The molecule has 2 aliphatic heterocycles. The molecule has 5 nitrogen and oxygen atoms in total. The summed E-state index contributed by atoms with van der Waals surface area (Å²) in [5.41, 5.74) is -1.79. The monoisotopic (exact) mass is 388 g/mol. The molecule has 27 heavy (non-hydrogen) atoms. The van der Waals surface area contributed by atoms with Crippen molar-refractivity contribution in [3.05, 3.63) is 0 Å². The smallest absolute Gasteiger partial charge is 0.250 e. The normalized spacial score (nSPS) is 32.1. The Morgan fingerprint density at radius 1 is 0.778 bits per heavy atom. The molecule has 2 N–H and O–H groups in total. The maximum Gasteiger partial charge on any atom is 0.250 e. The second kappa shape index (κ2) is 8.29. The predicted octanol–water partition coefficient (Wildman–Crippen LogP) is 2.55. The Kier molecular flexibility index (Phi) is 6.43. The van der Waals surface area contributed by atoms with Crippen molar-refractivity contribution in [1.82, 2.24) is 9.80 Å². The fourth-order valence-corrected chi connectivity index (χ4v) is 4.82. The molecule has 7 heteroatoms. The van der Waals surface area contributed by atoms with Crippen molar-refractivity contribution in [3.8, 4) is 0 Å². The Labute approximate surface area is 160 Å². The predicted molar refractivity (Wildman–Crippen MR) is 98.7 cm³/mol. The van der Waals surface area contributed by atoms with E-state index in [1.807, 2.05) is 4.90 Å². The van der Waals surface area contributed by atoms with Crippen LogP contribution in [-0.2, 0) is 4.79 Å². The largest absolute Gasteiger partial charge is 0.389 e. The van der Waals surface area contributed by atoms with E-state index in [4.69, 9.17) is 0 Å². The van der Waals surface area contributed by atoms with Gasteiger partial charge in [-0.3, -0.25) is 4.79 Å². The van der Waals surface area contributed by atoms with E-state index >= 15 is 0 Å². The van der Waals surface area contributed by atoms with Gasteiger partial charge in [0, 0.05) is 45.6 Å². The first-order valence-electron chi connectivity index (χ1n) is 10.5. The number of amides is 1. The standard InChI is InChI=1S/C20H34F2N2O3/c21-20(22)9-12-23(13-10-20)16-19(27)7-4-11-24(14-8-19)17(25)15-18(26)5-2-1-3-6-18/h26-27H,1-16H2. The molecule has 3 rings (SSSR count). The minimum Gasteiger partial charge on any atom is -0.389 e. The lowest BCUT2D eigenvalue weighted by atomic mass is 9.82. The van der Waals surface area contributed by atoms with Gasteiger partial charge >= 0.3 is 0 Å². The van der Waals surface area contributed by atoms with Crippen molar-refractivity contribution in [2.45, 2.75) is 87.8 Å². The van der Waals surface area contributed by atoms with Crippen molar-refractivity contribution in [2.75, 3.05) is 32.7 Å². The molecule has 156 valence electrons. The first-order chi connectivity index (χ1) is 12.7. The van der Waals surface area contributed by atoms with Crippen LogP contribution in [0.2, 0.25) is 0 Å². The Balaban J connectivity index is 1.49. The van der Waals surface area contributed by atoms with Gasteiger partial charge in [0.1, 0.15) is 0 Å². The van der Waals surface area contributed by atoms with Gasteiger partial charge in [0.2, 0.25) is 5.91 Å². The summed E-state index contributed by atoms with van der Waals surface area (Å²) >= 11 is 0. The quantitative estimate of drug-likeness (QED) is 0.777. The summed E-state index contributed by atoms with van der Waals surface area (Å²) in [7, 11) is 0. The third-order valence-corrected chi connectivity index (χ3v) is 6.64. The van der Waals surface area contributed by atoms with E-state index < -0.39 is 17.1 Å². The van der Waals surface area contributed by atoms with Crippen LogP contribution in [0.3, 0.4) is 0 Å². The number of halogens is 2. The van der Waals surface area contributed by atoms with Crippen LogP contribution >= 0.6 is 0 Å². The molecule has 0 spiro atoms. The maximum absolute atomic E-state index is 13.3. The van der Waals surface area contributed by atoms with Crippen molar-refractivity contribution in [2.24, 2.45) is 0 Å². The van der Waals surface area contributed by atoms with Crippen LogP contribution in [0.5, 0.6) is 0 Å². The number of likely N-dealkylation sites (tertiary alicyclic amines) is 2. The van der Waals surface area contributed by atoms with E-state index in [9.17, 15) is 23.8 Å². The summed E-state index contributed by atoms with van der Waals surface area (Å²) in [4.78, 5) is 16.4. The SMILES string of the molecule is O=C(CC1(O)CCCCC1)N1CCCC(O)(CN2CCC(F)(F)CC2)CC1. The highest BCUT2D eigenvalue weighted by Crippen LogP contribution is 2.33. The summed E-state index contributed by atoms with van der Waals surface area (Å²) in [6.45, 7) is 2.08. The first-order valence-corrected chi connectivity index (χ1v) is 10.5. The molecule has 1 saturated carbocycles. The van der Waals surface area contributed by atoms with Crippen LogP contribution in [0.15, 0.2) is 0 Å². The third-order valence-electron chi connectivity index (χ3n) is 6.64. The number of nitrogens with zero attached hydrogens (tertiary/aromatic N) is 2. The van der Waals surface area contributed by atoms with Gasteiger partial charge in [-0.2, -0.15) is 0 Å². The molecule has 0 aromatic heterocycles. The lowest BCUT2D eigenvalue weighted by Gasteiger charge is -2.38. The second-order valence-electron chi connectivity index (χ2n) is 9.05. The minimum absolute atomic E-state index is 0.0266. The molecule has 0 aromatic carbocycles. The molecular weight excluding hydrogens is 354 g/mol. The summed E-state index contributed by atoms with van der Waals surface area (Å²) < 4.78 is 26.7. The van der Waals surface area contributed by atoms with Gasteiger partial charge in [-0.05, 0) is 32.1 Å². The van der Waals surface area contributed by atoms with Crippen LogP contribution in [0.1, 0.15) is 70.6 Å².